The smallest absolute Gasteiger partial charge is 0.0502 e. The minimum Gasteiger partial charge on any atom is -0.329 e. The van der Waals surface area contributed by atoms with Gasteiger partial charge in [-0.3, -0.25) is 9.80 Å². The van der Waals surface area contributed by atoms with Crippen molar-refractivity contribution in [2.45, 2.75) is 50.2 Å². The highest BCUT2D eigenvalue weighted by atomic mass is 15.3. The molecule has 1 aromatic rings. The summed E-state index contributed by atoms with van der Waals surface area (Å²) in [6, 6.07) is 9.70. The third kappa shape index (κ3) is 2.14. The zero-order chi connectivity index (χ0) is 14.3. The molecule has 0 aromatic heterocycles. The summed E-state index contributed by atoms with van der Waals surface area (Å²) in [7, 11) is 0. The molecule has 0 spiro atoms. The number of aryl methyl sites for hydroxylation is 1. The molecule has 0 aliphatic carbocycles. The van der Waals surface area contributed by atoms with Crippen molar-refractivity contribution in [1.82, 2.24) is 9.80 Å². The molecule has 3 heterocycles. The van der Waals surface area contributed by atoms with Gasteiger partial charge in [-0.05, 0) is 56.3 Å². The SMILES string of the molecule is NCC1(N2CCCc3ccccc3C2)CCN2CCCC21. The summed E-state index contributed by atoms with van der Waals surface area (Å²) in [6.07, 6.45) is 6.45. The molecule has 3 aliphatic rings. The molecule has 2 atom stereocenters. The van der Waals surface area contributed by atoms with E-state index in [4.69, 9.17) is 5.73 Å². The van der Waals surface area contributed by atoms with Crippen LogP contribution in [0.15, 0.2) is 24.3 Å². The van der Waals surface area contributed by atoms with Crippen LogP contribution in [0.4, 0.5) is 0 Å². The average Bonchev–Trinajstić information content (AvgIpc) is 3.04. The van der Waals surface area contributed by atoms with Crippen LogP contribution in [-0.4, -0.2) is 47.6 Å². The van der Waals surface area contributed by atoms with Gasteiger partial charge in [0, 0.05) is 25.7 Å². The second-order valence-electron chi connectivity index (χ2n) is 7.05. The van der Waals surface area contributed by atoms with E-state index in [2.05, 4.69) is 34.1 Å². The van der Waals surface area contributed by atoms with Gasteiger partial charge in [-0.25, -0.2) is 0 Å². The van der Waals surface area contributed by atoms with Crippen LogP contribution in [0.2, 0.25) is 0 Å². The van der Waals surface area contributed by atoms with Crippen molar-refractivity contribution in [3.63, 3.8) is 0 Å². The molecule has 2 saturated heterocycles. The van der Waals surface area contributed by atoms with Gasteiger partial charge >= 0.3 is 0 Å². The van der Waals surface area contributed by atoms with Crippen molar-refractivity contribution in [1.29, 1.82) is 0 Å². The lowest BCUT2D eigenvalue weighted by Crippen LogP contribution is -2.59. The fourth-order valence-corrected chi connectivity index (χ4v) is 5.02. The molecular weight excluding hydrogens is 258 g/mol. The number of benzene rings is 1. The lowest BCUT2D eigenvalue weighted by Gasteiger charge is -2.44. The summed E-state index contributed by atoms with van der Waals surface area (Å²) in [4.78, 5) is 5.44. The lowest BCUT2D eigenvalue weighted by atomic mass is 9.86. The van der Waals surface area contributed by atoms with Crippen LogP contribution in [0, 0.1) is 0 Å². The lowest BCUT2D eigenvalue weighted by molar-refractivity contribution is 0.0590. The Labute approximate surface area is 128 Å². The largest absolute Gasteiger partial charge is 0.329 e. The van der Waals surface area contributed by atoms with E-state index >= 15 is 0 Å². The van der Waals surface area contributed by atoms with Crippen molar-refractivity contribution < 1.29 is 0 Å². The highest BCUT2D eigenvalue weighted by Gasteiger charge is 2.51. The van der Waals surface area contributed by atoms with Gasteiger partial charge in [-0.1, -0.05) is 24.3 Å². The first-order valence-electron chi connectivity index (χ1n) is 8.59. The van der Waals surface area contributed by atoms with Gasteiger partial charge < -0.3 is 5.73 Å². The number of fused-ring (bicyclic) bond motifs is 2. The van der Waals surface area contributed by atoms with Gasteiger partial charge in [0.2, 0.25) is 0 Å². The van der Waals surface area contributed by atoms with E-state index in [0.717, 1.165) is 13.1 Å². The first-order chi connectivity index (χ1) is 10.3. The summed E-state index contributed by atoms with van der Waals surface area (Å²) in [5, 5.41) is 0. The maximum absolute atomic E-state index is 6.36. The number of hydrogen-bond donors (Lipinski definition) is 1. The first-order valence-corrected chi connectivity index (χ1v) is 8.59. The molecule has 0 saturated carbocycles. The number of hydrogen-bond acceptors (Lipinski definition) is 3. The van der Waals surface area contributed by atoms with E-state index < -0.39 is 0 Å². The van der Waals surface area contributed by atoms with Gasteiger partial charge in [0.1, 0.15) is 0 Å². The molecule has 2 unspecified atom stereocenters. The zero-order valence-corrected chi connectivity index (χ0v) is 12.9. The second kappa shape index (κ2) is 5.38. The second-order valence-corrected chi connectivity index (χ2v) is 7.05. The van der Waals surface area contributed by atoms with Crippen LogP contribution < -0.4 is 5.73 Å². The highest BCUT2D eigenvalue weighted by Crippen LogP contribution is 2.41. The monoisotopic (exact) mass is 285 g/mol. The molecule has 4 rings (SSSR count). The Morgan fingerprint density at radius 3 is 2.81 bits per heavy atom. The van der Waals surface area contributed by atoms with Crippen LogP contribution in [-0.2, 0) is 13.0 Å². The summed E-state index contributed by atoms with van der Waals surface area (Å²) >= 11 is 0. The fraction of sp³-hybridized carbons (Fsp3) is 0.667. The standard InChI is InChI=1S/C18H27N3/c19-14-18(9-12-20-10-4-8-17(18)20)21-11-3-7-15-5-1-2-6-16(15)13-21/h1-2,5-6,17H,3-4,7-14,19H2. The molecule has 0 radical (unpaired) electrons. The van der Waals surface area contributed by atoms with Gasteiger partial charge in [-0.15, -0.1) is 0 Å². The number of nitrogens with two attached hydrogens (primary N) is 1. The summed E-state index contributed by atoms with van der Waals surface area (Å²) in [6.45, 7) is 5.65. The minimum absolute atomic E-state index is 0.230. The van der Waals surface area contributed by atoms with Crippen LogP contribution >= 0.6 is 0 Å². The minimum atomic E-state index is 0.230. The van der Waals surface area contributed by atoms with Crippen molar-refractivity contribution in [3.05, 3.63) is 35.4 Å². The van der Waals surface area contributed by atoms with E-state index in [1.165, 1.54) is 57.3 Å². The molecule has 1 aromatic carbocycles. The number of nitrogens with zero attached hydrogens (tertiary/aromatic N) is 2. The van der Waals surface area contributed by atoms with Crippen molar-refractivity contribution in [2.75, 3.05) is 26.2 Å². The van der Waals surface area contributed by atoms with Gasteiger partial charge in [-0.2, -0.15) is 0 Å². The third-order valence-corrected chi connectivity index (χ3v) is 6.15. The molecule has 2 fully saturated rings. The maximum Gasteiger partial charge on any atom is 0.0502 e. The van der Waals surface area contributed by atoms with Gasteiger partial charge in [0.25, 0.3) is 0 Å². The maximum atomic E-state index is 6.36. The highest BCUT2D eigenvalue weighted by molar-refractivity contribution is 5.29. The third-order valence-electron chi connectivity index (χ3n) is 6.15. The molecule has 114 valence electrons. The average molecular weight is 285 g/mol. The Hall–Kier alpha value is -0.900. The first kappa shape index (κ1) is 13.7. The van der Waals surface area contributed by atoms with E-state index in [1.807, 2.05) is 0 Å². The van der Waals surface area contributed by atoms with Crippen molar-refractivity contribution in [3.8, 4) is 0 Å². The van der Waals surface area contributed by atoms with Crippen LogP contribution in [0.5, 0.6) is 0 Å². The summed E-state index contributed by atoms with van der Waals surface area (Å²) < 4.78 is 0. The molecular formula is C18H27N3. The summed E-state index contributed by atoms with van der Waals surface area (Å²) in [5.74, 6) is 0. The van der Waals surface area contributed by atoms with Gasteiger partial charge in [0.15, 0.2) is 0 Å². The molecule has 0 amide bonds. The number of rotatable bonds is 2. The Bertz CT molecular complexity index is 515. The predicted molar refractivity (Wildman–Crippen MR) is 86.2 cm³/mol. The predicted octanol–water partition coefficient (Wildman–Crippen LogP) is 2.00. The summed E-state index contributed by atoms with van der Waals surface area (Å²) in [5.41, 5.74) is 9.66. The molecule has 3 nitrogen and oxygen atoms in total. The molecule has 2 N–H and O–H groups in total. The fourth-order valence-electron chi connectivity index (χ4n) is 5.02. The van der Waals surface area contributed by atoms with Crippen molar-refractivity contribution >= 4 is 0 Å². The Morgan fingerprint density at radius 1 is 1.10 bits per heavy atom. The van der Waals surface area contributed by atoms with E-state index in [-0.39, 0.29) is 5.54 Å². The molecule has 3 heteroatoms. The van der Waals surface area contributed by atoms with Crippen molar-refractivity contribution in [2.24, 2.45) is 5.73 Å². The quantitative estimate of drug-likeness (QED) is 0.902. The molecule has 21 heavy (non-hydrogen) atoms. The molecule has 3 aliphatic heterocycles. The van der Waals surface area contributed by atoms with Crippen LogP contribution in [0.25, 0.3) is 0 Å². The van der Waals surface area contributed by atoms with E-state index in [9.17, 15) is 0 Å². The van der Waals surface area contributed by atoms with E-state index in [1.54, 1.807) is 5.56 Å². The zero-order valence-electron chi connectivity index (χ0n) is 12.9. The van der Waals surface area contributed by atoms with Crippen LogP contribution in [0.1, 0.15) is 36.8 Å². The Balaban J connectivity index is 1.65. The Morgan fingerprint density at radius 2 is 1.95 bits per heavy atom. The van der Waals surface area contributed by atoms with Crippen LogP contribution in [0.3, 0.4) is 0 Å². The van der Waals surface area contributed by atoms with Gasteiger partial charge in [0.05, 0.1) is 5.54 Å². The van der Waals surface area contributed by atoms with E-state index in [0.29, 0.717) is 6.04 Å². The normalized spacial score (nSPS) is 33.7. The topological polar surface area (TPSA) is 32.5 Å². The Kier molecular flexibility index (Phi) is 3.52. The molecule has 0 bridgehead atoms.